The predicted octanol–water partition coefficient (Wildman–Crippen LogP) is 10.6. The van der Waals surface area contributed by atoms with Crippen molar-refractivity contribution >= 4 is 23.6 Å². The fourth-order valence-corrected chi connectivity index (χ4v) is 5.09. The number of rotatable bonds is 33. The maximum absolute atomic E-state index is 13.2. The summed E-state index contributed by atoms with van der Waals surface area (Å²) in [4.78, 5) is 51.2. The second kappa shape index (κ2) is 38.7. The third-order valence-electron chi connectivity index (χ3n) is 8.24. The van der Waals surface area contributed by atoms with E-state index in [1.807, 2.05) is 18.2 Å². The van der Waals surface area contributed by atoms with E-state index in [0.717, 1.165) is 70.6 Å². The number of ether oxygens (including phenoxy) is 2. The minimum Gasteiger partial charge on any atom is -0.468 e. The zero-order valence-electron chi connectivity index (χ0n) is 35.0. The second-order valence-corrected chi connectivity index (χ2v) is 13.1. The molecule has 3 atom stereocenters. The Morgan fingerprint density at radius 1 is 0.518 bits per heavy atom. The predicted molar refractivity (Wildman–Crippen MR) is 234 cm³/mol. The van der Waals surface area contributed by atoms with Gasteiger partial charge in [0, 0.05) is 12.8 Å². The Hall–Kier alpha value is -4.56. The van der Waals surface area contributed by atoms with Crippen LogP contribution in [0, 0.1) is 0 Å². The van der Waals surface area contributed by atoms with Crippen molar-refractivity contribution in [3.63, 3.8) is 0 Å². The van der Waals surface area contributed by atoms with E-state index in [1.165, 1.54) is 21.1 Å². The van der Waals surface area contributed by atoms with E-state index in [9.17, 15) is 19.2 Å². The molecule has 0 bridgehead atoms. The van der Waals surface area contributed by atoms with Crippen molar-refractivity contribution in [2.45, 2.75) is 142 Å². The molecule has 0 aliphatic carbocycles. The van der Waals surface area contributed by atoms with E-state index in [2.05, 4.69) is 128 Å². The summed E-state index contributed by atoms with van der Waals surface area (Å²) in [5, 5.41) is 5.39. The number of carbonyl (C=O) groups is 4. The first-order valence-electron chi connectivity index (χ1n) is 20.6. The number of allylic oxidation sites excluding steroid dienone is 20. The molecule has 2 N–H and O–H groups in total. The number of methoxy groups -OCH3 is 1. The largest absolute Gasteiger partial charge is 0.468 e. The van der Waals surface area contributed by atoms with Gasteiger partial charge in [0.1, 0.15) is 6.04 Å². The van der Waals surface area contributed by atoms with Crippen LogP contribution in [-0.2, 0) is 28.7 Å². The Balaban J connectivity index is 4.58. The highest BCUT2D eigenvalue weighted by Gasteiger charge is 2.37. The van der Waals surface area contributed by atoms with Gasteiger partial charge in [0.2, 0.25) is 5.91 Å². The number of Topliss-reactive ketones (excluding diaryl/α,β-unsaturated/α-hetero) is 1. The van der Waals surface area contributed by atoms with Gasteiger partial charge in [-0.25, -0.2) is 4.79 Å². The maximum Gasteiger partial charge on any atom is 0.329 e. The molecule has 0 aromatic rings. The molecule has 0 aromatic carbocycles. The summed E-state index contributed by atoms with van der Waals surface area (Å²) in [5.74, 6) is -2.20. The lowest BCUT2D eigenvalue weighted by Crippen LogP contribution is -2.52. The Labute approximate surface area is 339 Å². The first-order chi connectivity index (χ1) is 27.3. The van der Waals surface area contributed by atoms with Crippen molar-refractivity contribution in [2.75, 3.05) is 14.2 Å². The van der Waals surface area contributed by atoms with Crippen LogP contribution in [-0.4, -0.2) is 56.0 Å². The maximum atomic E-state index is 13.2. The fourth-order valence-electron chi connectivity index (χ4n) is 5.09. The molecule has 1 amide bonds. The van der Waals surface area contributed by atoms with E-state index >= 15 is 0 Å². The van der Waals surface area contributed by atoms with Gasteiger partial charge in [-0.15, -0.1) is 0 Å². The third kappa shape index (κ3) is 30.7. The van der Waals surface area contributed by atoms with Gasteiger partial charge in [-0.2, -0.15) is 0 Å². The van der Waals surface area contributed by atoms with E-state index in [4.69, 9.17) is 9.47 Å². The Morgan fingerprint density at radius 2 is 0.875 bits per heavy atom. The van der Waals surface area contributed by atoms with Gasteiger partial charge in [0.25, 0.3) is 0 Å². The Kier molecular flexibility index (Phi) is 35.6. The van der Waals surface area contributed by atoms with Crippen LogP contribution in [0.15, 0.2) is 122 Å². The molecule has 310 valence electrons. The van der Waals surface area contributed by atoms with Crippen LogP contribution >= 0.6 is 0 Å². The van der Waals surface area contributed by atoms with Crippen molar-refractivity contribution in [3.8, 4) is 0 Å². The second-order valence-electron chi connectivity index (χ2n) is 13.1. The summed E-state index contributed by atoms with van der Waals surface area (Å²) in [6, 6.07) is -2.17. The lowest BCUT2D eigenvalue weighted by molar-refractivity contribution is -0.164. The quantitative estimate of drug-likeness (QED) is 0.0388. The van der Waals surface area contributed by atoms with Crippen molar-refractivity contribution < 1.29 is 28.7 Å². The zero-order chi connectivity index (χ0) is 41.3. The Bertz CT molecular complexity index is 1360. The summed E-state index contributed by atoms with van der Waals surface area (Å²) in [6.07, 6.45) is 53.6. The molecule has 0 rings (SSSR count). The highest BCUT2D eigenvalue weighted by molar-refractivity contribution is 5.93. The molecule has 0 saturated carbocycles. The number of ketones is 1. The number of carbonyl (C=O) groups excluding carboxylic acids is 4. The van der Waals surface area contributed by atoms with Crippen LogP contribution in [0.5, 0.6) is 0 Å². The molecule has 0 unspecified atom stereocenters. The molecule has 0 heterocycles. The molecule has 0 aliphatic rings. The van der Waals surface area contributed by atoms with Crippen molar-refractivity contribution in [2.24, 2.45) is 0 Å². The van der Waals surface area contributed by atoms with Gasteiger partial charge in [-0.3, -0.25) is 14.4 Å². The normalized spacial score (nSPS) is 14.4. The zero-order valence-corrected chi connectivity index (χ0v) is 35.0. The molecule has 0 aliphatic heterocycles. The molecular weight excluding hydrogens is 701 g/mol. The number of hydrogen-bond acceptors (Lipinski definition) is 7. The van der Waals surface area contributed by atoms with Crippen LogP contribution in [0.1, 0.15) is 124 Å². The number of hydrogen-bond donors (Lipinski definition) is 2. The van der Waals surface area contributed by atoms with E-state index in [1.54, 1.807) is 0 Å². The summed E-state index contributed by atoms with van der Waals surface area (Å²) >= 11 is 0. The van der Waals surface area contributed by atoms with Crippen LogP contribution in [0.25, 0.3) is 0 Å². The summed E-state index contributed by atoms with van der Waals surface area (Å²) in [6.45, 7) is 5.77. The number of likely N-dealkylation sites (N-methyl/N-ethyl adjacent to an activating group) is 1. The smallest absolute Gasteiger partial charge is 0.329 e. The molecule has 0 aromatic heterocycles. The van der Waals surface area contributed by atoms with Crippen LogP contribution in [0.4, 0.5) is 0 Å². The summed E-state index contributed by atoms with van der Waals surface area (Å²) in [7, 11) is 2.70. The standard InChI is InChI=1S/C48H72N2O6/c1-6-8-10-12-14-16-18-20-22-24-26-28-30-32-34-36-38-40-43(51)46(45(49-4)48(54)55-5)56-47(53)42(3)50-44(52)41-39-37-35-33-31-29-27-25-23-21-19-17-15-13-11-9-7-2/h8-11,14-17,20-23,26-29,32-35,42,45-46,49H,6-7,12-13,18-19,24-25,30-31,36-41H2,1-5H3,(H,50,52)/b10-8-,11-9-,16-14-,17-15-,22-20-,23-21-,28-26-,29-27-,34-32-,35-33-/t42-,45-,46+/m0/s1. The molecule has 0 fully saturated rings. The van der Waals surface area contributed by atoms with E-state index in [-0.39, 0.29) is 18.7 Å². The van der Waals surface area contributed by atoms with Gasteiger partial charge in [0.05, 0.1) is 7.11 Å². The van der Waals surface area contributed by atoms with Gasteiger partial charge < -0.3 is 20.1 Å². The van der Waals surface area contributed by atoms with Gasteiger partial charge >= 0.3 is 11.9 Å². The monoisotopic (exact) mass is 773 g/mol. The Morgan fingerprint density at radius 3 is 1.23 bits per heavy atom. The van der Waals surface area contributed by atoms with Crippen LogP contribution in [0.2, 0.25) is 0 Å². The van der Waals surface area contributed by atoms with Gasteiger partial charge in [-0.05, 0) is 104 Å². The highest BCUT2D eigenvalue weighted by atomic mass is 16.6. The first kappa shape index (κ1) is 51.4. The minimum absolute atomic E-state index is 0.109. The summed E-state index contributed by atoms with van der Waals surface area (Å²) in [5.41, 5.74) is 0. The summed E-state index contributed by atoms with van der Waals surface area (Å²) < 4.78 is 10.4. The lowest BCUT2D eigenvalue weighted by Gasteiger charge is -2.25. The van der Waals surface area contributed by atoms with Crippen molar-refractivity contribution in [3.05, 3.63) is 122 Å². The highest BCUT2D eigenvalue weighted by Crippen LogP contribution is 2.12. The molecule has 0 radical (unpaired) electrons. The number of unbranched alkanes of at least 4 members (excludes halogenated alkanes) is 2. The molecule has 0 saturated heterocycles. The van der Waals surface area contributed by atoms with Crippen LogP contribution < -0.4 is 10.6 Å². The average molecular weight is 773 g/mol. The van der Waals surface area contributed by atoms with Gasteiger partial charge in [0.15, 0.2) is 17.9 Å². The van der Waals surface area contributed by atoms with Crippen LogP contribution in [0.3, 0.4) is 0 Å². The molecule has 8 nitrogen and oxygen atoms in total. The molecule has 56 heavy (non-hydrogen) atoms. The minimum atomic E-state index is -1.39. The lowest BCUT2D eigenvalue weighted by atomic mass is 10.0. The van der Waals surface area contributed by atoms with E-state index in [0.29, 0.717) is 19.3 Å². The first-order valence-corrected chi connectivity index (χ1v) is 20.6. The van der Waals surface area contributed by atoms with E-state index < -0.39 is 35.9 Å². The van der Waals surface area contributed by atoms with Crippen molar-refractivity contribution in [1.29, 1.82) is 0 Å². The third-order valence-corrected chi connectivity index (χ3v) is 8.24. The topological polar surface area (TPSA) is 111 Å². The molecular formula is C48H72N2O6. The molecule has 0 spiro atoms. The molecule has 8 heteroatoms. The SMILES string of the molecule is CC/C=C\C/C=C\C/C=C\C/C=C\C/C=C\CCCC(=O)N[C@@H](C)C(=O)O[C@H](C(=O)CCC/C=C\C/C=C\C/C=C\C/C=C\C/C=C\CC)[C@H](NC)C(=O)OC. The van der Waals surface area contributed by atoms with Crippen molar-refractivity contribution in [1.82, 2.24) is 10.6 Å². The fraction of sp³-hybridized carbons (Fsp3) is 0.500. The number of amides is 1. The number of esters is 2. The number of nitrogens with one attached hydrogen (secondary N) is 2. The van der Waals surface area contributed by atoms with Gasteiger partial charge in [-0.1, -0.05) is 135 Å². The average Bonchev–Trinajstić information content (AvgIpc) is 3.19.